The summed E-state index contributed by atoms with van der Waals surface area (Å²) >= 11 is 0. The Bertz CT molecular complexity index is 1590. The zero-order valence-corrected chi connectivity index (χ0v) is 59.1. The molecule has 6 N–H and O–H groups in total. The lowest BCUT2D eigenvalue weighted by Gasteiger charge is -2.40. The number of allylic oxidation sites excluding steroid dienone is 5. The fourth-order valence-electron chi connectivity index (χ4n) is 12.6. The Morgan fingerprint density at radius 3 is 1.11 bits per heavy atom. The second-order valence-corrected chi connectivity index (χ2v) is 27.4. The van der Waals surface area contributed by atoms with Crippen molar-refractivity contribution in [2.45, 2.75) is 436 Å². The smallest absolute Gasteiger partial charge is 0.305 e. The minimum Gasteiger partial charge on any atom is -0.466 e. The molecule has 1 aliphatic heterocycles. The summed E-state index contributed by atoms with van der Waals surface area (Å²) in [5, 5.41) is 54.4. The van der Waals surface area contributed by atoms with E-state index in [4.69, 9.17) is 14.2 Å². The molecule has 0 aromatic rings. The molecule has 1 saturated heterocycles. The van der Waals surface area contributed by atoms with E-state index in [0.29, 0.717) is 19.4 Å². The van der Waals surface area contributed by atoms with E-state index in [-0.39, 0.29) is 18.5 Å². The Kier molecular flexibility index (Phi) is 65.2. The number of amides is 1. The summed E-state index contributed by atoms with van der Waals surface area (Å²) in [4.78, 5) is 25.1. The van der Waals surface area contributed by atoms with Gasteiger partial charge in [-0.1, -0.05) is 346 Å². The first-order valence-corrected chi connectivity index (χ1v) is 39.3. The molecule has 7 atom stereocenters. The average molecular weight is 1270 g/mol. The van der Waals surface area contributed by atoms with E-state index in [1.54, 1.807) is 6.08 Å². The van der Waals surface area contributed by atoms with E-state index < -0.39 is 49.5 Å². The van der Waals surface area contributed by atoms with E-state index in [1.807, 2.05) is 6.08 Å². The number of nitrogens with one attached hydrogen (secondary N) is 1. The third-order valence-electron chi connectivity index (χ3n) is 18.7. The number of hydrogen-bond acceptors (Lipinski definition) is 10. The van der Waals surface area contributed by atoms with Gasteiger partial charge in [0.25, 0.3) is 0 Å². The van der Waals surface area contributed by atoms with Crippen molar-refractivity contribution in [1.29, 1.82) is 0 Å². The lowest BCUT2D eigenvalue weighted by Crippen LogP contribution is -2.60. The van der Waals surface area contributed by atoms with Crippen LogP contribution in [-0.2, 0) is 23.8 Å². The lowest BCUT2D eigenvalue weighted by molar-refractivity contribution is -0.302. The first-order valence-electron chi connectivity index (χ1n) is 39.3. The maximum Gasteiger partial charge on any atom is 0.305 e. The molecule has 0 aromatic heterocycles. The number of carbonyl (C=O) groups is 2. The first-order chi connectivity index (χ1) is 44.2. The SMILES string of the molecule is CCCCCC/C=C/CC/C=C/C(O)C(COC1OC(CO)C(O)C(O)C1O)NC(=O)CCCCCCCCCCCCCCCCCCC/C=C\CCCCCCCCCCCCCCCCCCCCOC(=O)CCCCCCCCCCCCCCC. The number of rotatable bonds is 70. The van der Waals surface area contributed by atoms with Gasteiger partial charge in [-0.15, -0.1) is 0 Å². The van der Waals surface area contributed by atoms with Crippen molar-refractivity contribution in [2.75, 3.05) is 19.8 Å². The molecule has 0 spiro atoms. The van der Waals surface area contributed by atoms with Crippen LogP contribution in [0.1, 0.15) is 393 Å². The van der Waals surface area contributed by atoms with Crippen LogP contribution < -0.4 is 5.32 Å². The van der Waals surface area contributed by atoms with Gasteiger partial charge < -0.3 is 45.1 Å². The van der Waals surface area contributed by atoms with Crippen molar-refractivity contribution in [3.05, 3.63) is 36.5 Å². The quantitative estimate of drug-likeness (QED) is 0.0195. The fourth-order valence-corrected chi connectivity index (χ4v) is 12.6. The molecule has 1 heterocycles. The fraction of sp³-hybridized carbons (Fsp3) is 0.899. The van der Waals surface area contributed by atoms with E-state index in [0.717, 1.165) is 51.4 Å². The normalized spacial score (nSPS) is 17.8. The van der Waals surface area contributed by atoms with Gasteiger partial charge in [0.05, 0.1) is 32.0 Å². The predicted octanol–water partition coefficient (Wildman–Crippen LogP) is 20.9. The van der Waals surface area contributed by atoms with Gasteiger partial charge in [0.15, 0.2) is 6.29 Å². The maximum absolute atomic E-state index is 13.0. The Morgan fingerprint density at radius 2 is 0.722 bits per heavy atom. The molecule has 0 aliphatic carbocycles. The number of aliphatic hydroxyl groups is 5. The highest BCUT2D eigenvalue weighted by Gasteiger charge is 2.44. The van der Waals surface area contributed by atoms with Crippen LogP contribution in [0, 0.1) is 0 Å². The number of esters is 1. The van der Waals surface area contributed by atoms with Crippen LogP contribution in [0.4, 0.5) is 0 Å². The van der Waals surface area contributed by atoms with E-state index in [1.165, 1.54) is 315 Å². The third kappa shape index (κ3) is 56.2. The number of ether oxygens (including phenoxy) is 3. The highest BCUT2D eigenvalue weighted by molar-refractivity contribution is 5.76. The summed E-state index contributed by atoms with van der Waals surface area (Å²) in [6.07, 6.45) is 79.1. The van der Waals surface area contributed by atoms with Gasteiger partial charge in [-0.05, 0) is 70.6 Å². The highest BCUT2D eigenvalue weighted by Crippen LogP contribution is 2.24. The number of carbonyl (C=O) groups excluding carboxylic acids is 2. The Balaban J connectivity index is 1.87. The minimum atomic E-state index is -1.57. The van der Waals surface area contributed by atoms with Crippen LogP contribution in [0.3, 0.4) is 0 Å². The molecule has 1 fully saturated rings. The molecule has 1 amide bonds. The van der Waals surface area contributed by atoms with Crippen molar-refractivity contribution in [3.63, 3.8) is 0 Å². The first kappa shape index (κ1) is 85.9. The van der Waals surface area contributed by atoms with Crippen molar-refractivity contribution in [3.8, 4) is 0 Å². The molecule has 11 nitrogen and oxygen atoms in total. The van der Waals surface area contributed by atoms with Crippen molar-refractivity contribution in [2.24, 2.45) is 0 Å². The van der Waals surface area contributed by atoms with Crippen LogP contribution >= 0.6 is 0 Å². The molecule has 0 aromatic carbocycles. The number of hydrogen-bond donors (Lipinski definition) is 6. The number of aliphatic hydroxyl groups excluding tert-OH is 5. The second-order valence-electron chi connectivity index (χ2n) is 27.4. The second kappa shape index (κ2) is 68.3. The highest BCUT2D eigenvalue weighted by atomic mass is 16.7. The van der Waals surface area contributed by atoms with Crippen LogP contribution in [0.15, 0.2) is 36.5 Å². The van der Waals surface area contributed by atoms with Gasteiger partial charge in [0, 0.05) is 12.8 Å². The molecule has 1 rings (SSSR count). The zero-order valence-electron chi connectivity index (χ0n) is 59.1. The van der Waals surface area contributed by atoms with Crippen molar-refractivity contribution in [1.82, 2.24) is 5.32 Å². The van der Waals surface area contributed by atoms with Gasteiger partial charge in [-0.25, -0.2) is 0 Å². The molecule has 1 aliphatic rings. The lowest BCUT2D eigenvalue weighted by atomic mass is 9.99. The molecule has 0 bridgehead atoms. The van der Waals surface area contributed by atoms with E-state index >= 15 is 0 Å². The maximum atomic E-state index is 13.0. The molecule has 7 unspecified atom stereocenters. The molecule has 90 heavy (non-hydrogen) atoms. The summed E-state index contributed by atoms with van der Waals surface area (Å²) in [5.74, 6) is -0.169. The van der Waals surface area contributed by atoms with Crippen molar-refractivity contribution >= 4 is 11.9 Å². The predicted molar refractivity (Wildman–Crippen MR) is 380 cm³/mol. The van der Waals surface area contributed by atoms with Gasteiger partial charge >= 0.3 is 5.97 Å². The van der Waals surface area contributed by atoms with Crippen molar-refractivity contribution < 1.29 is 49.3 Å². The third-order valence-corrected chi connectivity index (χ3v) is 18.7. The van der Waals surface area contributed by atoms with Crippen LogP contribution in [0.5, 0.6) is 0 Å². The van der Waals surface area contributed by atoms with Crippen LogP contribution in [0.2, 0.25) is 0 Å². The standard InChI is InChI=1S/C79H149NO10/c1-3-5-7-9-11-13-15-43-47-51-55-59-63-67-75(84)88-68-64-60-56-52-48-45-42-40-38-36-34-32-30-28-26-24-22-20-18-16-17-19-21-23-25-27-29-31-33-35-37-39-41-44-46-50-54-58-62-66-74(83)80-71(70-89-79-78(87)77(86)76(85)73(69-81)90-79)72(82)65-61-57-53-49-14-12-10-8-6-4-2/h14,16-17,49,61,65,71-73,76-79,81-82,85-87H,3-13,15,18-48,50-60,62-64,66-70H2,1-2H3,(H,80,83)/b17-16-,49-14+,65-61+. The summed E-state index contributed by atoms with van der Waals surface area (Å²) in [6.45, 7) is 4.34. The van der Waals surface area contributed by atoms with Gasteiger partial charge in [-0.2, -0.15) is 0 Å². The molecular weight excluding hydrogens is 1120 g/mol. The Labute approximate surface area is 555 Å². The summed E-state index contributed by atoms with van der Waals surface area (Å²) < 4.78 is 16.7. The van der Waals surface area contributed by atoms with Gasteiger partial charge in [-0.3, -0.25) is 9.59 Å². The zero-order chi connectivity index (χ0) is 65.1. The van der Waals surface area contributed by atoms with Gasteiger partial charge in [0.2, 0.25) is 5.91 Å². The van der Waals surface area contributed by atoms with Gasteiger partial charge in [0.1, 0.15) is 24.4 Å². The van der Waals surface area contributed by atoms with E-state index in [9.17, 15) is 35.1 Å². The monoisotopic (exact) mass is 1270 g/mol. The summed E-state index contributed by atoms with van der Waals surface area (Å²) in [6, 6.07) is -0.823. The molecular formula is C79H149NO10. The Hall–Kier alpha value is -2.12. The largest absolute Gasteiger partial charge is 0.466 e. The molecule has 0 saturated carbocycles. The summed E-state index contributed by atoms with van der Waals surface area (Å²) in [5.41, 5.74) is 0. The molecule has 0 radical (unpaired) electrons. The average Bonchev–Trinajstić information content (AvgIpc) is 3.68. The minimum absolute atomic E-state index is 0.0187. The summed E-state index contributed by atoms with van der Waals surface area (Å²) in [7, 11) is 0. The van der Waals surface area contributed by atoms with E-state index in [2.05, 4.69) is 43.5 Å². The topological polar surface area (TPSA) is 175 Å². The van der Waals surface area contributed by atoms with Crippen LogP contribution in [-0.4, -0.2) is 100 Å². The van der Waals surface area contributed by atoms with Crippen LogP contribution in [0.25, 0.3) is 0 Å². The molecule has 11 heteroatoms. The number of unbranched alkanes of at least 4 members (excludes halogenated alkanes) is 52. The Morgan fingerprint density at radius 1 is 0.400 bits per heavy atom. The molecule has 530 valence electrons.